The van der Waals surface area contributed by atoms with Crippen LogP contribution in [-0.2, 0) is 13.2 Å². The average molecular weight is 793 g/mol. The lowest BCUT2D eigenvalue weighted by molar-refractivity contribution is 0.284. The van der Waals surface area contributed by atoms with Crippen molar-refractivity contribution in [1.29, 1.82) is 10.5 Å². The fraction of sp³-hybridized carbons (Fsp3) is 0.132. The number of nitrogens with two attached hydrogens (primary N) is 1. The highest BCUT2D eigenvalue weighted by Gasteiger charge is 2.33. The van der Waals surface area contributed by atoms with E-state index < -0.39 is 11.5 Å². The van der Waals surface area contributed by atoms with E-state index in [-0.39, 0.29) is 30.2 Å². The maximum absolute atomic E-state index is 13.8. The highest BCUT2D eigenvalue weighted by Crippen LogP contribution is 2.40. The van der Waals surface area contributed by atoms with Crippen molar-refractivity contribution in [2.24, 2.45) is 5.73 Å². The average Bonchev–Trinajstić information content (AvgIpc) is 3.47. The van der Waals surface area contributed by atoms with E-state index in [2.05, 4.69) is 12.1 Å². The van der Waals surface area contributed by atoms with Crippen LogP contribution in [-0.4, -0.2) is 18.8 Å². The molecular weight excluding hydrogens is 766 g/mol. The Labute approximate surface area is 322 Å². The topological polar surface area (TPSA) is 133 Å². The zero-order valence-corrected chi connectivity index (χ0v) is 31.2. The van der Waals surface area contributed by atoms with Crippen molar-refractivity contribution in [3.8, 4) is 35.1 Å². The number of aromatic nitrogens is 1. The molecule has 4 aromatic carbocycles. The molecule has 9 nitrogen and oxygen atoms in total. The lowest BCUT2D eigenvalue weighted by Gasteiger charge is -2.23. The highest BCUT2D eigenvalue weighted by atomic mass is 35.5. The van der Waals surface area contributed by atoms with Crippen molar-refractivity contribution < 1.29 is 18.9 Å². The van der Waals surface area contributed by atoms with Gasteiger partial charge in [0.05, 0.1) is 68.0 Å². The third-order valence-corrected chi connectivity index (χ3v) is 10.7. The summed E-state index contributed by atoms with van der Waals surface area (Å²) >= 11 is 25.4. The summed E-state index contributed by atoms with van der Waals surface area (Å²) < 4.78 is 25.0. The minimum atomic E-state index is -0.869. The predicted molar refractivity (Wildman–Crippen MR) is 204 cm³/mol. The molecule has 0 saturated heterocycles. The molecule has 14 heteroatoms. The van der Waals surface area contributed by atoms with Gasteiger partial charge in [-0.25, -0.2) is 0 Å². The van der Waals surface area contributed by atoms with Crippen LogP contribution >= 0.6 is 57.7 Å². The number of nitriles is 2. The number of ether oxygens (including phenoxy) is 4. The smallest absolute Gasteiger partial charge is 0.274 e. The van der Waals surface area contributed by atoms with Gasteiger partial charge in [-0.3, -0.25) is 9.36 Å². The number of halogens is 4. The molecule has 1 aromatic heterocycles. The van der Waals surface area contributed by atoms with E-state index in [1.165, 1.54) is 18.8 Å². The third-order valence-electron chi connectivity index (χ3n) is 8.15. The molecule has 0 amide bonds. The summed E-state index contributed by atoms with van der Waals surface area (Å²) in [5.41, 5.74) is 9.07. The maximum Gasteiger partial charge on any atom is 0.274 e. The maximum atomic E-state index is 13.8. The second-order valence-corrected chi connectivity index (χ2v) is 14.0. The van der Waals surface area contributed by atoms with E-state index >= 15 is 0 Å². The summed E-state index contributed by atoms with van der Waals surface area (Å²) in [6, 6.07) is 25.1. The first kappa shape index (κ1) is 36.7. The summed E-state index contributed by atoms with van der Waals surface area (Å²) in [5.74, 6) is 0.767. The molecule has 2 N–H and O–H groups in total. The molecule has 1 aliphatic heterocycles. The van der Waals surface area contributed by atoms with Gasteiger partial charge in [-0.15, -0.1) is 11.3 Å². The van der Waals surface area contributed by atoms with E-state index in [1.54, 1.807) is 72.8 Å². The summed E-state index contributed by atoms with van der Waals surface area (Å²) in [6.07, 6.45) is 1.66. The van der Waals surface area contributed by atoms with Crippen molar-refractivity contribution in [2.75, 3.05) is 14.2 Å². The third kappa shape index (κ3) is 7.31. The van der Waals surface area contributed by atoms with Crippen molar-refractivity contribution in [3.05, 3.63) is 140 Å². The van der Waals surface area contributed by atoms with Gasteiger partial charge in [0.1, 0.15) is 23.7 Å². The molecule has 1 atom stereocenters. The Kier molecular flexibility index (Phi) is 11.1. The van der Waals surface area contributed by atoms with Gasteiger partial charge in [0, 0.05) is 0 Å². The van der Waals surface area contributed by atoms with Crippen LogP contribution in [0.25, 0.3) is 17.5 Å². The van der Waals surface area contributed by atoms with Crippen LogP contribution in [0.1, 0.15) is 28.2 Å². The molecule has 1 aliphatic rings. The van der Waals surface area contributed by atoms with Crippen molar-refractivity contribution in [2.45, 2.75) is 19.1 Å². The Hall–Kier alpha value is -5.07. The Balaban J connectivity index is 1.34. The molecule has 0 spiro atoms. The molecule has 52 heavy (non-hydrogen) atoms. The Morgan fingerprint density at radius 3 is 1.85 bits per heavy atom. The summed E-state index contributed by atoms with van der Waals surface area (Å²) in [6.45, 7) is 0.402. The monoisotopic (exact) mass is 790 g/mol. The minimum Gasteiger partial charge on any atom is -0.493 e. The quantitative estimate of drug-likeness (QED) is 0.153. The molecule has 6 rings (SSSR count). The van der Waals surface area contributed by atoms with Gasteiger partial charge in [-0.05, 0) is 76.9 Å². The second-order valence-electron chi connectivity index (χ2n) is 11.3. The van der Waals surface area contributed by atoms with Crippen molar-refractivity contribution in [1.82, 2.24) is 4.57 Å². The number of fused-ring (bicyclic) bond motifs is 1. The van der Waals surface area contributed by atoms with Crippen LogP contribution in [0.15, 0.2) is 83.2 Å². The SMILES string of the molecule is COc1cc(/C=c2\sc3n(c2=O)C(N)=C(C#N)[C@H](c2ccc(OCc4ccc(Cl)c(Cl)c4)c(OC)c2)C=3C#N)ccc1OCc1ccc(Cl)c(Cl)c1. The van der Waals surface area contributed by atoms with Gasteiger partial charge in [0.25, 0.3) is 5.56 Å². The summed E-state index contributed by atoms with van der Waals surface area (Å²) in [5, 5.41) is 22.4. The van der Waals surface area contributed by atoms with E-state index in [0.717, 1.165) is 22.5 Å². The first-order valence-corrected chi connectivity index (χ1v) is 17.7. The van der Waals surface area contributed by atoms with Gasteiger partial charge in [0.2, 0.25) is 0 Å². The molecule has 0 bridgehead atoms. The van der Waals surface area contributed by atoms with E-state index in [9.17, 15) is 15.3 Å². The molecule has 0 unspecified atom stereocenters. The summed E-state index contributed by atoms with van der Waals surface area (Å²) in [7, 11) is 3.00. The van der Waals surface area contributed by atoms with Crippen LogP contribution in [0.5, 0.6) is 23.0 Å². The van der Waals surface area contributed by atoms with Crippen LogP contribution in [0, 0.1) is 22.7 Å². The first-order chi connectivity index (χ1) is 25.1. The van der Waals surface area contributed by atoms with E-state index in [4.69, 9.17) is 71.1 Å². The molecule has 2 heterocycles. The number of thiazole rings is 1. The Morgan fingerprint density at radius 2 is 1.31 bits per heavy atom. The fourth-order valence-electron chi connectivity index (χ4n) is 5.59. The van der Waals surface area contributed by atoms with Gasteiger partial charge < -0.3 is 24.7 Å². The predicted octanol–water partition coefficient (Wildman–Crippen LogP) is 7.65. The minimum absolute atomic E-state index is 0.0483. The van der Waals surface area contributed by atoms with E-state index in [0.29, 0.717) is 63.4 Å². The fourth-order valence-corrected chi connectivity index (χ4v) is 7.36. The van der Waals surface area contributed by atoms with Gasteiger partial charge >= 0.3 is 0 Å². The van der Waals surface area contributed by atoms with Gasteiger partial charge in [-0.2, -0.15) is 10.5 Å². The molecule has 5 aromatic rings. The molecule has 0 saturated carbocycles. The number of nitrogens with zero attached hydrogens (tertiary/aromatic N) is 3. The van der Waals surface area contributed by atoms with E-state index in [1.807, 2.05) is 6.07 Å². The highest BCUT2D eigenvalue weighted by molar-refractivity contribution is 7.07. The zero-order chi connectivity index (χ0) is 37.1. The lowest BCUT2D eigenvalue weighted by Crippen LogP contribution is -2.38. The number of benzene rings is 4. The van der Waals surface area contributed by atoms with Gasteiger partial charge in [0.15, 0.2) is 23.0 Å². The molecule has 0 aliphatic carbocycles. The normalized spacial score (nSPS) is 14.0. The molecule has 0 radical (unpaired) electrons. The number of hydrogen-bond acceptors (Lipinski definition) is 9. The molecule has 0 fully saturated rings. The molecule has 262 valence electrons. The number of rotatable bonds is 10. The molecular formula is C38H26Cl4N4O5S. The number of allylic oxidation sites excluding steroid dienone is 1. The Morgan fingerprint density at radius 1 is 0.750 bits per heavy atom. The number of hydrogen-bond donors (Lipinski definition) is 1. The van der Waals surface area contributed by atoms with Crippen LogP contribution in [0.4, 0.5) is 0 Å². The van der Waals surface area contributed by atoms with Crippen LogP contribution < -0.4 is 39.4 Å². The van der Waals surface area contributed by atoms with Crippen LogP contribution in [0.3, 0.4) is 0 Å². The largest absolute Gasteiger partial charge is 0.493 e. The first-order valence-electron chi connectivity index (χ1n) is 15.3. The zero-order valence-electron chi connectivity index (χ0n) is 27.4. The number of methoxy groups -OCH3 is 2. The van der Waals surface area contributed by atoms with Crippen molar-refractivity contribution >= 4 is 75.2 Å². The van der Waals surface area contributed by atoms with Crippen molar-refractivity contribution in [3.63, 3.8) is 0 Å². The van der Waals surface area contributed by atoms with Crippen LogP contribution in [0.2, 0.25) is 20.1 Å². The standard InChI is InChI=1S/C38H26Cl4N4O5S/c1-48-32-13-20(5-9-30(32)50-18-21-3-7-26(39)28(41)11-21)14-34-37(47)46-36(45)24(16-43)35(25(17-44)38(46)52-34)23-6-10-31(33(15-23)49-2)51-19-22-4-8-27(40)29(42)12-22/h3-15,35H,18-19,45H2,1-2H3/b34-14-/t35-/m0/s1. The Bertz CT molecular complexity index is 2530. The van der Waals surface area contributed by atoms with Gasteiger partial charge in [-0.1, -0.05) is 70.7 Å². The summed E-state index contributed by atoms with van der Waals surface area (Å²) in [4.78, 5) is 13.8. The second kappa shape index (κ2) is 15.7. The lowest BCUT2D eigenvalue weighted by atomic mass is 9.84.